The van der Waals surface area contributed by atoms with Crippen LogP contribution < -0.4 is 10.6 Å². The largest absolute Gasteiger partial charge is 0.387 e. The molecule has 8 nitrogen and oxygen atoms in total. The minimum absolute atomic E-state index is 0.0439. The summed E-state index contributed by atoms with van der Waals surface area (Å²) in [5.41, 5.74) is 1.76. The van der Waals surface area contributed by atoms with Crippen LogP contribution in [0.15, 0.2) is 24.3 Å². The Balaban J connectivity index is 2.39. The zero-order valence-corrected chi connectivity index (χ0v) is 23.8. The summed E-state index contributed by atoms with van der Waals surface area (Å²) < 4.78 is 5.47. The summed E-state index contributed by atoms with van der Waals surface area (Å²) in [7, 11) is 0. The molecule has 0 aliphatic carbocycles. The van der Waals surface area contributed by atoms with E-state index in [1.165, 1.54) is 51.4 Å². The highest BCUT2D eigenvalue weighted by atomic mass is 16.5. The first-order valence-electron chi connectivity index (χ1n) is 14.6. The first kappa shape index (κ1) is 33.6. The molecule has 3 amide bonds. The van der Waals surface area contributed by atoms with Gasteiger partial charge in [0.1, 0.15) is 19.8 Å². The quantitative estimate of drug-likeness (QED) is 0.180. The van der Waals surface area contributed by atoms with Crippen LogP contribution in [0.1, 0.15) is 102 Å². The van der Waals surface area contributed by atoms with Crippen molar-refractivity contribution in [1.29, 1.82) is 0 Å². The van der Waals surface area contributed by atoms with Crippen molar-refractivity contribution in [2.24, 2.45) is 0 Å². The number of ether oxygens (including phenoxy) is 1. The van der Waals surface area contributed by atoms with Gasteiger partial charge >= 0.3 is 0 Å². The Kier molecular flexibility index (Phi) is 19.9. The zero-order valence-electron chi connectivity index (χ0n) is 23.8. The van der Waals surface area contributed by atoms with E-state index < -0.39 is 12.5 Å². The summed E-state index contributed by atoms with van der Waals surface area (Å²) in [4.78, 5) is 38.2. The third-order valence-corrected chi connectivity index (χ3v) is 6.49. The van der Waals surface area contributed by atoms with Crippen LogP contribution in [0.25, 0.3) is 0 Å². The number of aliphatic hydroxyl groups excluding tert-OH is 1. The maximum absolute atomic E-state index is 12.8. The number of carbonyl (C=O) groups excluding carboxylic acids is 3. The molecule has 0 saturated heterocycles. The molecular formula is C30H51N3O5. The summed E-state index contributed by atoms with van der Waals surface area (Å²) in [5, 5.41) is 14.2. The average Bonchev–Trinajstić information content (AvgIpc) is 2.93. The Labute approximate surface area is 229 Å². The molecule has 0 bridgehead atoms. The Morgan fingerprint density at radius 1 is 0.737 bits per heavy atom. The fourth-order valence-electron chi connectivity index (χ4n) is 4.21. The Morgan fingerprint density at radius 3 is 1.76 bits per heavy atom. The molecule has 0 unspecified atom stereocenters. The second-order valence-corrected chi connectivity index (χ2v) is 9.94. The van der Waals surface area contributed by atoms with Crippen LogP contribution >= 0.6 is 0 Å². The molecule has 0 spiro atoms. The van der Waals surface area contributed by atoms with E-state index in [1.807, 2.05) is 29.2 Å². The van der Waals surface area contributed by atoms with Gasteiger partial charge in [0.05, 0.1) is 0 Å². The zero-order chi connectivity index (χ0) is 27.8. The molecule has 0 aliphatic rings. The van der Waals surface area contributed by atoms with Gasteiger partial charge in [0, 0.05) is 26.2 Å². The summed E-state index contributed by atoms with van der Waals surface area (Å²) in [6.07, 6.45) is 14.2. The van der Waals surface area contributed by atoms with Crippen molar-refractivity contribution >= 4 is 17.7 Å². The lowest BCUT2D eigenvalue weighted by atomic mass is 10.1. The number of rotatable bonds is 23. The third-order valence-electron chi connectivity index (χ3n) is 6.49. The average molecular weight is 534 g/mol. The standard InChI is InChI=1S/C30H51N3O5/c1-3-5-7-9-11-13-18-33(19-14-12-10-8-6-4-2)30(37)25-38-24-29(36)32-22-27-17-15-16-26(20-27)21-31-28(35)23-34/h15-17,20,34H,3-14,18-19,21-25H2,1-2H3,(H,31,35)(H,32,36). The number of carbonyl (C=O) groups is 3. The van der Waals surface area contributed by atoms with E-state index in [2.05, 4.69) is 24.5 Å². The van der Waals surface area contributed by atoms with E-state index in [0.29, 0.717) is 13.1 Å². The van der Waals surface area contributed by atoms with Crippen LogP contribution in [-0.2, 0) is 32.2 Å². The molecule has 0 heterocycles. The molecule has 1 aromatic carbocycles. The summed E-state index contributed by atoms with van der Waals surface area (Å²) in [6, 6.07) is 7.47. The van der Waals surface area contributed by atoms with Gasteiger partial charge in [0.2, 0.25) is 17.7 Å². The maximum atomic E-state index is 12.8. The van der Waals surface area contributed by atoms with Crippen molar-refractivity contribution in [1.82, 2.24) is 15.5 Å². The first-order chi connectivity index (χ1) is 18.5. The van der Waals surface area contributed by atoms with Crippen molar-refractivity contribution in [3.05, 3.63) is 35.4 Å². The SMILES string of the molecule is CCCCCCCCN(CCCCCCCC)C(=O)COCC(=O)NCc1cccc(CNC(=O)CO)c1. The molecule has 3 N–H and O–H groups in total. The molecule has 0 fully saturated rings. The molecular weight excluding hydrogens is 482 g/mol. The maximum Gasteiger partial charge on any atom is 0.248 e. The van der Waals surface area contributed by atoms with E-state index in [0.717, 1.165) is 49.9 Å². The predicted octanol–water partition coefficient (Wildman–Crippen LogP) is 4.48. The second kappa shape index (κ2) is 22.5. The molecule has 38 heavy (non-hydrogen) atoms. The van der Waals surface area contributed by atoms with Crippen molar-refractivity contribution in [2.75, 3.05) is 32.9 Å². The first-order valence-corrected chi connectivity index (χ1v) is 14.6. The molecule has 8 heteroatoms. The lowest BCUT2D eigenvalue weighted by Crippen LogP contribution is -2.37. The highest BCUT2D eigenvalue weighted by Gasteiger charge is 2.14. The van der Waals surface area contributed by atoms with Crippen LogP contribution in [0, 0.1) is 0 Å². The van der Waals surface area contributed by atoms with Crippen LogP contribution in [0.4, 0.5) is 0 Å². The van der Waals surface area contributed by atoms with Gasteiger partial charge in [-0.15, -0.1) is 0 Å². The Hall–Kier alpha value is -2.45. The number of nitrogens with zero attached hydrogens (tertiary/aromatic N) is 1. The highest BCUT2D eigenvalue weighted by molar-refractivity contribution is 5.79. The van der Waals surface area contributed by atoms with Gasteiger partial charge < -0.3 is 25.4 Å². The molecule has 0 saturated carbocycles. The molecule has 0 aromatic heterocycles. The molecule has 0 aliphatic heterocycles. The van der Waals surface area contributed by atoms with E-state index in [1.54, 1.807) is 0 Å². The second-order valence-electron chi connectivity index (χ2n) is 9.94. The normalized spacial score (nSPS) is 10.8. The van der Waals surface area contributed by atoms with E-state index in [-0.39, 0.29) is 25.0 Å². The van der Waals surface area contributed by atoms with Crippen LogP contribution in [0.2, 0.25) is 0 Å². The van der Waals surface area contributed by atoms with Crippen molar-refractivity contribution < 1.29 is 24.2 Å². The van der Waals surface area contributed by atoms with Gasteiger partial charge in [-0.25, -0.2) is 0 Å². The molecule has 0 atom stereocenters. The molecule has 216 valence electrons. The van der Waals surface area contributed by atoms with E-state index in [9.17, 15) is 14.4 Å². The number of unbranched alkanes of at least 4 members (excludes halogenated alkanes) is 10. The van der Waals surface area contributed by atoms with Crippen molar-refractivity contribution in [3.8, 4) is 0 Å². The van der Waals surface area contributed by atoms with Gasteiger partial charge in [-0.1, -0.05) is 102 Å². The fraction of sp³-hybridized carbons (Fsp3) is 0.700. The number of nitrogens with one attached hydrogen (secondary N) is 2. The lowest BCUT2D eigenvalue weighted by molar-refractivity contribution is -0.138. The van der Waals surface area contributed by atoms with Gasteiger partial charge in [-0.3, -0.25) is 14.4 Å². The minimum Gasteiger partial charge on any atom is -0.387 e. The summed E-state index contributed by atoms with van der Waals surface area (Å²) in [5.74, 6) is -0.763. The summed E-state index contributed by atoms with van der Waals surface area (Å²) >= 11 is 0. The number of hydrogen-bond acceptors (Lipinski definition) is 5. The molecule has 1 aromatic rings. The topological polar surface area (TPSA) is 108 Å². The van der Waals surface area contributed by atoms with Crippen molar-refractivity contribution in [2.45, 2.75) is 104 Å². The molecule has 1 rings (SSSR count). The predicted molar refractivity (Wildman–Crippen MR) is 151 cm³/mol. The van der Waals surface area contributed by atoms with Crippen LogP contribution in [-0.4, -0.2) is 60.6 Å². The Bertz CT molecular complexity index is 771. The number of aliphatic hydroxyl groups is 1. The number of hydrogen-bond donors (Lipinski definition) is 3. The lowest BCUT2D eigenvalue weighted by Gasteiger charge is -2.23. The number of benzene rings is 1. The highest BCUT2D eigenvalue weighted by Crippen LogP contribution is 2.10. The summed E-state index contributed by atoms with van der Waals surface area (Å²) in [6.45, 7) is 5.76. The minimum atomic E-state index is -0.548. The Morgan fingerprint density at radius 2 is 1.24 bits per heavy atom. The van der Waals surface area contributed by atoms with E-state index >= 15 is 0 Å². The van der Waals surface area contributed by atoms with Crippen LogP contribution in [0.5, 0.6) is 0 Å². The van der Waals surface area contributed by atoms with Gasteiger partial charge in [0.15, 0.2) is 0 Å². The third kappa shape index (κ3) is 17.1. The van der Waals surface area contributed by atoms with Gasteiger partial charge in [-0.2, -0.15) is 0 Å². The van der Waals surface area contributed by atoms with Gasteiger partial charge in [0.25, 0.3) is 0 Å². The fourth-order valence-corrected chi connectivity index (χ4v) is 4.21. The van der Waals surface area contributed by atoms with Gasteiger partial charge in [-0.05, 0) is 24.0 Å². The molecule has 0 radical (unpaired) electrons. The number of amides is 3. The smallest absolute Gasteiger partial charge is 0.248 e. The monoisotopic (exact) mass is 533 g/mol. The van der Waals surface area contributed by atoms with Crippen molar-refractivity contribution in [3.63, 3.8) is 0 Å². The van der Waals surface area contributed by atoms with Crippen LogP contribution in [0.3, 0.4) is 0 Å². The van der Waals surface area contributed by atoms with E-state index in [4.69, 9.17) is 9.84 Å².